The Morgan fingerprint density at radius 2 is 2.24 bits per heavy atom. The maximum Gasteiger partial charge on any atom is 0.223 e. The van der Waals surface area contributed by atoms with E-state index < -0.39 is 0 Å². The highest BCUT2D eigenvalue weighted by Gasteiger charge is 2.22. The number of aromatic amines is 1. The molecule has 1 saturated carbocycles. The van der Waals surface area contributed by atoms with Gasteiger partial charge in [-0.05, 0) is 30.5 Å². The molecule has 25 heavy (non-hydrogen) atoms. The Balaban J connectivity index is 1.47. The number of aryl methyl sites for hydroxylation is 1. The summed E-state index contributed by atoms with van der Waals surface area (Å²) in [6, 6.07) is 4.14. The second-order valence-electron chi connectivity index (χ2n) is 6.84. The Kier molecular flexibility index (Phi) is 4.26. The van der Waals surface area contributed by atoms with Gasteiger partial charge in [0.25, 0.3) is 0 Å². The Bertz CT molecular complexity index is 888. The van der Waals surface area contributed by atoms with Crippen molar-refractivity contribution in [1.29, 1.82) is 0 Å². The molecule has 6 heteroatoms. The molecule has 1 aliphatic carbocycles. The zero-order valence-corrected chi connectivity index (χ0v) is 14.5. The summed E-state index contributed by atoms with van der Waals surface area (Å²) in [5.41, 5.74) is 4.16. The molecule has 130 valence electrons. The lowest BCUT2D eigenvalue weighted by molar-refractivity contribution is -0.124. The van der Waals surface area contributed by atoms with E-state index in [0.29, 0.717) is 6.54 Å². The summed E-state index contributed by atoms with van der Waals surface area (Å²) >= 11 is 0. The van der Waals surface area contributed by atoms with Gasteiger partial charge < -0.3 is 10.3 Å². The fraction of sp³-hybridized carbons (Fsp3) is 0.421. The number of H-pyrrole nitrogens is 1. The van der Waals surface area contributed by atoms with Crippen LogP contribution in [0.3, 0.4) is 0 Å². The zero-order chi connectivity index (χ0) is 17.2. The first-order valence-electron chi connectivity index (χ1n) is 8.94. The Morgan fingerprint density at radius 3 is 3.00 bits per heavy atom. The Labute approximate surface area is 146 Å². The minimum Gasteiger partial charge on any atom is -0.355 e. The monoisotopic (exact) mass is 337 g/mol. The van der Waals surface area contributed by atoms with Crippen LogP contribution in [-0.4, -0.2) is 32.2 Å². The van der Waals surface area contributed by atoms with Crippen molar-refractivity contribution in [3.8, 4) is 11.1 Å². The molecule has 0 aromatic carbocycles. The minimum absolute atomic E-state index is 0.211. The highest BCUT2D eigenvalue weighted by molar-refractivity contribution is 5.93. The van der Waals surface area contributed by atoms with Gasteiger partial charge in [-0.2, -0.15) is 5.10 Å². The van der Waals surface area contributed by atoms with E-state index in [1.807, 2.05) is 31.7 Å². The number of carbonyl (C=O) groups is 1. The van der Waals surface area contributed by atoms with Crippen LogP contribution < -0.4 is 5.32 Å². The fourth-order valence-corrected chi connectivity index (χ4v) is 3.68. The first-order valence-corrected chi connectivity index (χ1v) is 8.94. The standard InChI is InChI=1S/C19H23N5O/c1-24-12-14(11-22-24)16-7-9-20-18-17(16)10-15(23-18)6-8-21-19(25)13-4-2-3-5-13/h7,9-13H,2-6,8H2,1H3,(H,20,23)(H,21,25). The van der Waals surface area contributed by atoms with Crippen LogP contribution in [0.2, 0.25) is 0 Å². The maximum atomic E-state index is 12.1. The number of rotatable bonds is 5. The topological polar surface area (TPSA) is 75.6 Å². The van der Waals surface area contributed by atoms with Crippen molar-refractivity contribution in [1.82, 2.24) is 25.1 Å². The number of amides is 1. The second kappa shape index (κ2) is 6.70. The molecule has 1 aliphatic rings. The normalized spacial score (nSPS) is 15.1. The second-order valence-corrected chi connectivity index (χ2v) is 6.84. The first kappa shape index (κ1) is 15.9. The molecule has 0 atom stereocenters. The van der Waals surface area contributed by atoms with E-state index in [-0.39, 0.29) is 11.8 Å². The Morgan fingerprint density at radius 1 is 1.40 bits per heavy atom. The molecule has 0 bridgehead atoms. The summed E-state index contributed by atoms with van der Waals surface area (Å²) in [4.78, 5) is 19.9. The minimum atomic E-state index is 0.211. The smallest absolute Gasteiger partial charge is 0.223 e. The third kappa shape index (κ3) is 3.29. The lowest BCUT2D eigenvalue weighted by atomic mass is 10.1. The highest BCUT2D eigenvalue weighted by atomic mass is 16.1. The average molecular weight is 337 g/mol. The summed E-state index contributed by atoms with van der Waals surface area (Å²) in [7, 11) is 1.91. The molecule has 0 unspecified atom stereocenters. The van der Waals surface area contributed by atoms with E-state index in [1.54, 1.807) is 4.68 Å². The van der Waals surface area contributed by atoms with Gasteiger partial charge in [0.15, 0.2) is 0 Å². The summed E-state index contributed by atoms with van der Waals surface area (Å²) in [5.74, 6) is 0.435. The summed E-state index contributed by atoms with van der Waals surface area (Å²) in [5, 5.41) is 8.42. The van der Waals surface area contributed by atoms with Crippen molar-refractivity contribution in [2.45, 2.75) is 32.1 Å². The van der Waals surface area contributed by atoms with Crippen LogP contribution in [-0.2, 0) is 18.3 Å². The lowest BCUT2D eigenvalue weighted by Gasteiger charge is -2.09. The Hall–Kier alpha value is -2.63. The van der Waals surface area contributed by atoms with E-state index in [2.05, 4.69) is 26.4 Å². The predicted octanol–water partition coefficient (Wildman–Crippen LogP) is 2.81. The SMILES string of the molecule is Cn1cc(-c2ccnc3[nH]c(CCNC(=O)C4CCCC4)cc23)cn1. The molecule has 1 fully saturated rings. The summed E-state index contributed by atoms with van der Waals surface area (Å²) < 4.78 is 1.80. The van der Waals surface area contributed by atoms with Gasteiger partial charge in [0.2, 0.25) is 5.91 Å². The lowest BCUT2D eigenvalue weighted by Crippen LogP contribution is -2.30. The average Bonchev–Trinajstić information content (AvgIpc) is 3.34. The van der Waals surface area contributed by atoms with E-state index in [9.17, 15) is 4.79 Å². The zero-order valence-electron chi connectivity index (χ0n) is 14.5. The number of nitrogens with zero attached hydrogens (tertiary/aromatic N) is 3. The van der Waals surface area contributed by atoms with Crippen molar-refractivity contribution in [3.63, 3.8) is 0 Å². The molecular formula is C19H23N5O. The van der Waals surface area contributed by atoms with Crippen LogP contribution in [0.5, 0.6) is 0 Å². The van der Waals surface area contributed by atoms with Gasteiger partial charge >= 0.3 is 0 Å². The number of nitrogens with one attached hydrogen (secondary N) is 2. The maximum absolute atomic E-state index is 12.1. The molecule has 0 aliphatic heterocycles. The van der Waals surface area contributed by atoms with E-state index in [1.165, 1.54) is 12.8 Å². The van der Waals surface area contributed by atoms with Crippen LogP contribution in [0.1, 0.15) is 31.4 Å². The van der Waals surface area contributed by atoms with Crippen molar-refractivity contribution < 1.29 is 4.79 Å². The number of aromatic nitrogens is 4. The van der Waals surface area contributed by atoms with Gasteiger partial charge in [0.1, 0.15) is 5.65 Å². The first-order chi connectivity index (χ1) is 12.2. The molecule has 0 radical (unpaired) electrons. The third-order valence-corrected chi connectivity index (χ3v) is 5.02. The molecule has 0 saturated heterocycles. The van der Waals surface area contributed by atoms with Gasteiger partial charge in [-0.1, -0.05) is 12.8 Å². The molecule has 4 rings (SSSR count). The summed E-state index contributed by atoms with van der Waals surface area (Å²) in [6.45, 7) is 0.657. The molecule has 3 aromatic rings. The molecule has 2 N–H and O–H groups in total. The van der Waals surface area contributed by atoms with Gasteiger partial charge in [-0.15, -0.1) is 0 Å². The molecular weight excluding hydrogens is 314 g/mol. The third-order valence-electron chi connectivity index (χ3n) is 5.02. The van der Waals surface area contributed by atoms with Crippen LogP contribution in [0.25, 0.3) is 22.2 Å². The predicted molar refractivity (Wildman–Crippen MR) is 97.0 cm³/mol. The number of carbonyl (C=O) groups excluding carboxylic acids is 1. The molecule has 3 heterocycles. The molecule has 6 nitrogen and oxygen atoms in total. The van der Waals surface area contributed by atoms with E-state index in [0.717, 1.165) is 47.1 Å². The number of fused-ring (bicyclic) bond motifs is 1. The van der Waals surface area contributed by atoms with Crippen LogP contribution in [0, 0.1) is 5.92 Å². The molecule has 1 amide bonds. The summed E-state index contributed by atoms with van der Waals surface area (Å²) in [6.07, 6.45) is 10.9. The van der Waals surface area contributed by atoms with Crippen molar-refractivity contribution in [2.24, 2.45) is 13.0 Å². The van der Waals surface area contributed by atoms with Gasteiger partial charge in [-0.25, -0.2) is 4.98 Å². The highest BCUT2D eigenvalue weighted by Crippen LogP contribution is 2.28. The molecule has 0 spiro atoms. The van der Waals surface area contributed by atoms with Gasteiger partial charge in [-0.3, -0.25) is 9.48 Å². The number of hydrogen-bond donors (Lipinski definition) is 2. The van der Waals surface area contributed by atoms with Gasteiger partial charge in [0.05, 0.1) is 6.20 Å². The van der Waals surface area contributed by atoms with Crippen molar-refractivity contribution >= 4 is 16.9 Å². The number of hydrogen-bond acceptors (Lipinski definition) is 3. The largest absolute Gasteiger partial charge is 0.355 e. The quantitative estimate of drug-likeness (QED) is 0.752. The van der Waals surface area contributed by atoms with Crippen LogP contribution >= 0.6 is 0 Å². The van der Waals surface area contributed by atoms with Crippen LogP contribution in [0.15, 0.2) is 30.7 Å². The number of pyridine rings is 1. The fourth-order valence-electron chi connectivity index (χ4n) is 3.68. The molecule has 3 aromatic heterocycles. The van der Waals surface area contributed by atoms with E-state index in [4.69, 9.17) is 0 Å². The van der Waals surface area contributed by atoms with Crippen molar-refractivity contribution in [3.05, 3.63) is 36.4 Å². The van der Waals surface area contributed by atoms with Crippen molar-refractivity contribution in [2.75, 3.05) is 6.54 Å². The van der Waals surface area contributed by atoms with E-state index >= 15 is 0 Å². The van der Waals surface area contributed by atoms with Crippen LogP contribution in [0.4, 0.5) is 0 Å². The van der Waals surface area contributed by atoms with Gasteiger partial charge in [0, 0.05) is 55.0 Å².